The van der Waals surface area contributed by atoms with Crippen LogP contribution < -0.4 is 32.7 Å². The molecule has 268 valence electrons. The average molecular weight is 667 g/mol. The maximum atomic E-state index is 13.3. The second kappa shape index (κ2) is 21.5. The zero-order chi connectivity index (χ0) is 35.6. The molecule has 15 nitrogen and oxygen atoms in total. The van der Waals surface area contributed by atoms with Gasteiger partial charge in [0.1, 0.15) is 18.7 Å². The number of aliphatic hydroxyl groups is 1. The van der Waals surface area contributed by atoms with Gasteiger partial charge in [0.15, 0.2) is 6.35 Å². The van der Waals surface area contributed by atoms with Gasteiger partial charge in [-0.15, -0.1) is 0 Å². The molecule has 1 rings (SSSR count). The highest BCUT2D eigenvalue weighted by atomic mass is 16.6. The van der Waals surface area contributed by atoms with E-state index in [0.717, 1.165) is 5.56 Å². The standard InChI is InChI=1S/C32H58N8O7/c1-22(2)27(38-26(41)14-19-46-20-15-33)29(43)37-25(9-8-16-35-30(34)44)28(42)36-24-12-10-23(11-13-24)21-47-31(45)39(6)17-18-40(7)32(3,4)5/h10-13,22,25,27,30,35,44H,8-9,14-21,33-34H2,1-7H3,(H,36,42)(H,37,43)(H,38,41)/t25-,27-,30?/m0/s1. The molecular weight excluding hydrogens is 608 g/mol. The fourth-order valence-corrected chi connectivity index (χ4v) is 4.11. The summed E-state index contributed by atoms with van der Waals surface area (Å²) in [5.74, 6) is -1.58. The van der Waals surface area contributed by atoms with Crippen molar-refractivity contribution in [1.82, 2.24) is 25.8 Å². The fourth-order valence-electron chi connectivity index (χ4n) is 4.11. The van der Waals surface area contributed by atoms with Crippen LogP contribution in [0.15, 0.2) is 24.3 Å². The van der Waals surface area contributed by atoms with Gasteiger partial charge in [0.25, 0.3) is 0 Å². The summed E-state index contributed by atoms with van der Waals surface area (Å²) in [7, 11) is 3.70. The average Bonchev–Trinajstić information content (AvgIpc) is 3.00. The molecule has 3 atom stereocenters. The number of hydrogen-bond acceptors (Lipinski definition) is 11. The molecule has 0 aliphatic carbocycles. The van der Waals surface area contributed by atoms with Gasteiger partial charge < -0.3 is 41.2 Å². The van der Waals surface area contributed by atoms with Crippen molar-refractivity contribution in [2.75, 3.05) is 58.8 Å². The van der Waals surface area contributed by atoms with Crippen molar-refractivity contribution in [3.8, 4) is 0 Å². The Morgan fingerprint density at radius 2 is 1.64 bits per heavy atom. The molecule has 0 aliphatic rings. The molecule has 15 heteroatoms. The van der Waals surface area contributed by atoms with Gasteiger partial charge in [-0.2, -0.15) is 0 Å². The van der Waals surface area contributed by atoms with Gasteiger partial charge in [0.2, 0.25) is 17.7 Å². The Bertz CT molecular complexity index is 1100. The Labute approximate surface area is 279 Å². The molecule has 1 aromatic carbocycles. The van der Waals surface area contributed by atoms with E-state index in [-0.39, 0.29) is 43.4 Å². The quantitative estimate of drug-likeness (QED) is 0.0710. The van der Waals surface area contributed by atoms with E-state index in [1.165, 1.54) is 4.90 Å². The minimum atomic E-state index is -1.21. The zero-order valence-electron chi connectivity index (χ0n) is 29.1. The highest BCUT2D eigenvalue weighted by molar-refractivity contribution is 5.98. The molecule has 0 fully saturated rings. The summed E-state index contributed by atoms with van der Waals surface area (Å²) >= 11 is 0. The molecule has 0 saturated carbocycles. The lowest BCUT2D eigenvalue weighted by Gasteiger charge is -2.33. The van der Waals surface area contributed by atoms with Crippen molar-refractivity contribution < 1.29 is 33.8 Å². The van der Waals surface area contributed by atoms with E-state index in [9.17, 15) is 24.3 Å². The second-order valence-electron chi connectivity index (χ2n) is 12.8. The fraction of sp³-hybridized carbons (Fsp3) is 0.688. The van der Waals surface area contributed by atoms with Crippen molar-refractivity contribution in [3.63, 3.8) is 0 Å². The van der Waals surface area contributed by atoms with Gasteiger partial charge >= 0.3 is 6.09 Å². The van der Waals surface area contributed by atoms with Crippen LogP contribution >= 0.6 is 0 Å². The summed E-state index contributed by atoms with van der Waals surface area (Å²) in [5.41, 5.74) is 11.9. The van der Waals surface area contributed by atoms with Crippen LogP contribution in [0.1, 0.15) is 59.4 Å². The number of aliphatic hydroxyl groups excluding tert-OH is 1. The SMILES string of the molecule is CC(C)[C@H](NC(=O)CCOCCN)C(=O)N[C@@H](CCCNC(N)O)C(=O)Nc1ccc(COC(=O)N(C)CCN(C)C(C)(C)C)cc1. The van der Waals surface area contributed by atoms with Crippen LogP contribution in [0.4, 0.5) is 10.5 Å². The van der Waals surface area contributed by atoms with Gasteiger partial charge in [0, 0.05) is 44.3 Å². The third kappa shape index (κ3) is 17.4. The Balaban J connectivity index is 2.82. The summed E-state index contributed by atoms with van der Waals surface area (Å²) in [4.78, 5) is 55.2. The van der Waals surface area contributed by atoms with E-state index in [1.807, 2.05) is 7.05 Å². The van der Waals surface area contributed by atoms with Crippen LogP contribution in [-0.4, -0.2) is 116 Å². The molecule has 9 N–H and O–H groups in total. The largest absolute Gasteiger partial charge is 0.445 e. The van der Waals surface area contributed by atoms with E-state index in [4.69, 9.17) is 20.9 Å². The van der Waals surface area contributed by atoms with Gasteiger partial charge in [-0.05, 0) is 70.8 Å². The number of hydrogen-bond donors (Lipinski definition) is 7. The second-order valence-corrected chi connectivity index (χ2v) is 12.8. The highest BCUT2D eigenvalue weighted by Gasteiger charge is 2.29. The third-order valence-corrected chi connectivity index (χ3v) is 7.47. The molecule has 0 spiro atoms. The predicted molar refractivity (Wildman–Crippen MR) is 181 cm³/mol. The molecule has 0 saturated heterocycles. The summed E-state index contributed by atoms with van der Waals surface area (Å²) in [5, 5.41) is 20.3. The number of rotatable bonds is 21. The third-order valence-electron chi connectivity index (χ3n) is 7.47. The molecule has 1 unspecified atom stereocenters. The number of nitrogens with one attached hydrogen (secondary N) is 4. The number of ether oxygens (including phenoxy) is 2. The first-order valence-electron chi connectivity index (χ1n) is 16.1. The highest BCUT2D eigenvalue weighted by Crippen LogP contribution is 2.14. The number of carbonyl (C=O) groups excluding carboxylic acids is 4. The van der Waals surface area contributed by atoms with Crippen LogP contribution in [0.5, 0.6) is 0 Å². The monoisotopic (exact) mass is 666 g/mol. The number of nitrogens with two attached hydrogens (primary N) is 2. The first kappa shape index (κ1) is 41.7. The Hall–Kier alpha value is -3.34. The molecule has 0 bridgehead atoms. The molecule has 1 aromatic rings. The van der Waals surface area contributed by atoms with Gasteiger partial charge in [-0.25, -0.2) is 4.79 Å². The molecule has 0 aliphatic heterocycles. The predicted octanol–water partition coefficient (Wildman–Crippen LogP) is 0.519. The van der Waals surface area contributed by atoms with Crippen molar-refractivity contribution >= 4 is 29.5 Å². The summed E-state index contributed by atoms with van der Waals surface area (Å²) in [6.07, 6.45) is -0.935. The first-order chi connectivity index (χ1) is 22.0. The Kier molecular flexibility index (Phi) is 19.1. The number of likely N-dealkylation sites (N-methyl/N-ethyl adjacent to an activating group) is 2. The molecule has 0 aromatic heterocycles. The van der Waals surface area contributed by atoms with Gasteiger partial charge in [-0.1, -0.05) is 26.0 Å². The Morgan fingerprint density at radius 3 is 2.21 bits per heavy atom. The molecule has 0 radical (unpaired) electrons. The van der Waals surface area contributed by atoms with E-state index in [1.54, 1.807) is 45.2 Å². The minimum Gasteiger partial charge on any atom is -0.445 e. The van der Waals surface area contributed by atoms with Crippen LogP contribution in [0.25, 0.3) is 0 Å². The smallest absolute Gasteiger partial charge is 0.409 e. The Morgan fingerprint density at radius 1 is 0.979 bits per heavy atom. The van der Waals surface area contributed by atoms with Crippen LogP contribution in [0, 0.1) is 5.92 Å². The number of nitrogens with zero attached hydrogens (tertiary/aromatic N) is 2. The number of anilines is 1. The minimum absolute atomic E-state index is 0.00658. The van der Waals surface area contributed by atoms with E-state index in [2.05, 4.69) is 46.9 Å². The summed E-state index contributed by atoms with van der Waals surface area (Å²) in [6, 6.07) is 5.00. The molecule has 47 heavy (non-hydrogen) atoms. The topological polar surface area (TPSA) is 214 Å². The van der Waals surface area contributed by atoms with Crippen molar-refractivity contribution in [3.05, 3.63) is 29.8 Å². The van der Waals surface area contributed by atoms with E-state index < -0.39 is 36.3 Å². The van der Waals surface area contributed by atoms with Crippen molar-refractivity contribution in [1.29, 1.82) is 0 Å². The first-order valence-corrected chi connectivity index (χ1v) is 16.1. The van der Waals surface area contributed by atoms with E-state index >= 15 is 0 Å². The van der Waals surface area contributed by atoms with Crippen LogP contribution in [-0.2, 0) is 30.5 Å². The lowest BCUT2D eigenvalue weighted by molar-refractivity contribution is -0.132. The molecule has 4 amide bonds. The summed E-state index contributed by atoms with van der Waals surface area (Å²) < 4.78 is 10.7. The molecular formula is C32H58N8O7. The van der Waals surface area contributed by atoms with Crippen LogP contribution in [0.2, 0.25) is 0 Å². The van der Waals surface area contributed by atoms with Gasteiger partial charge in [0.05, 0.1) is 13.2 Å². The lowest BCUT2D eigenvalue weighted by Crippen LogP contribution is -2.54. The maximum Gasteiger partial charge on any atom is 0.409 e. The zero-order valence-corrected chi connectivity index (χ0v) is 29.1. The van der Waals surface area contributed by atoms with Crippen molar-refractivity contribution in [2.45, 2.75) is 84.5 Å². The number of carbonyl (C=O) groups is 4. The number of amides is 4. The summed E-state index contributed by atoms with van der Waals surface area (Å²) in [6.45, 7) is 12.3. The normalized spacial score (nSPS) is 13.5. The van der Waals surface area contributed by atoms with Crippen molar-refractivity contribution in [2.24, 2.45) is 17.4 Å². The van der Waals surface area contributed by atoms with Gasteiger partial charge in [-0.3, -0.25) is 30.3 Å². The maximum absolute atomic E-state index is 13.3. The lowest BCUT2D eigenvalue weighted by atomic mass is 10.0. The molecule has 0 heterocycles. The van der Waals surface area contributed by atoms with E-state index in [0.29, 0.717) is 44.9 Å². The van der Waals surface area contributed by atoms with Crippen LogP contribution in [0.3, 0.4) is 0 Å². The number of benzene rings is 1.